The van der Waals surface area contributed by atoms with Gasteiger partial charge in [-0.1, -0.05) is 27.7 Å². The van der Waals surface area contributed by atoms with Crippen molar-refractivity contribution in [1.82, 2.24) is 5.32 Å². The van der Waals surface area contributed by atoms with Crippen molar-refractivity contribution in [3.63, 3.8) is 0 Å². The van der Waals surface area contributed by atoms with E-state index in [0.29, 0.717) is 18.4 Å². The van der Waals surface area contributed by atoms with Crippen LogP contribution in [-0.2, 0) is 15.1 Å². The zero-order valence-corrected chi connectivity index (χ0v) is 18.1. The van der Waals surface area contributed by atoms with Crippen LogP contribution in [-0.4, -0.2) is 42.2 Å². The van der Waals surface area contributed by atoms with Gasteiger partial charge in [-0.15, -0.1) is 0 Å². The molecule has 0 bridgehead atoms. The van der Waals surface area contributed by atoms with Gasteiger partial charge in [-0.05, 0) is 44.4 Å². The SMILES string of the molecule is CC1(C(=O)NC2CCC3Oc4ccc(Br)cc4C4(CSC(N)=N4)C3C2)COC1. The van der Waals surface area contributed by atoms with Crippen molar-refractivity contribution in [3.05, 3.63) is 28.2 Å². The van der Waals surface area contributed by atoms with Gasteiger partial charge in [-0.2, -0.15) is 0 Å². The van der Waals surface area contributed by atoms with Crippen LogP contribution < -0.4 is 15.8 Å². The number of aliphatic imine (C=N–C) groups is 1. The fraction of sp³-hybridized carbons (Fsp3) is 0.600. The number of ether oxygens (including phenoxy) is 2. The van der Waals surface area contributed by atoms with Gasteiger partial charge >= 0.3 is 0 Å². The van der Waals surface area contributed by atoms with Gasteiger partial charge in [-0.25, -0.2) is 4.99 Å². The van der Waals surface area contributed by atoms with E-state index in [2.05, 4.69) is 27.3 Å². The lowest BCUT2D eigenvalue weighted by Gasteiger charge is -2.49. The number of carbonyl (C=O) groups is 1. The molecule has 5 rings (SSSR count). The van der Waals surface area contributed by atoms with Gasteiger partial charge in [0.25, 0.3) is 0 Å². The summed E-state index contributed by atoms with van der Waals surface area (Å²) < 4.78 is 12.7. The molecule has 1 aliphatic carbocycles. The molecule has 1 spiro atoms. The maximum atomic E-state index is 12.7. The first-order valence-electron chi connectivity index (χ1n) is 9.73. The average Bonchev–Trinajstić information content (AvgIpc) is 3.04. The van der Waals surface area contributed by atoms with Crippen molar-refractivity contribution in [1.29, 1.82) is 0 Å². The zero-order valence-electron chi connectivity index (χ0n) is 15.7. The second-order valence-electron chi connectivity index (χ2n) is 8.60. The maximum Gasteiger partial charge on any atom is 0.230 e. The second-order valence-corrected chi connectivity index (χ2v) is 10.5. The number of nitrogens with two attached hydrogens (primary N) is 1. The number of amides is 1. The van der Waals surface area contributed by atoms with E-state index in [9.17, 15) is 4.79 Å². The number of hydrogen-bond acceptors (Lipinski definition) is 6. The van der Waals surface area contributed by atoms with Crippen molar-refractivity contribution in [3.8, 4) is 5.75 Å². The highest BCUT2D eigenvalue weighted by Crippen LogP contribution is 2.54. The molecule has 4 aliphatic rings. The summed E-state index contributed by atoms with van der Waals surface area (Å²) in [4.78, 5) is 17.7. The lowest BCUT2D eigenvalue weighted by molar-refractivity contribution is -0.159. The molecule has 3 aliphatic heterocycles. The van der Waals surface area contributed by atoms with E-state index in [1.807, 2.05) is 19.1 Å². The molecule has 1 saturated heterocycles. The predicted molar refractivity (Wildman–Crippen MR) is 113 cm³/mol. The van der Waals surface area contributed by atoms with E-state index in [1.54, 1.807) is 11.8 Å². The molecule has 4 atom stereocenters. The van der Waals surface area contributed by atoms with Gasteiger partial charge in [0.1, 0.15) is 17.4 Å². The van der Waals surface area contributed by atoms with Crippen molar-refractivity contribution >= 4 is 38.8 Å². The molecular formula is C20H24BrN3O3S. The number of benzene rings is 1. The summed E-state index contributed by atoms with van der Waals surface area (Å²) in [5, 5.41) is 3.91. The van der Waals surface area contributed by atoms with E-state index in [1.165, 1.54) is 0 Å². The van der Waals surface area contributed by atoms with Gasteiger partial charge in [0, 0.05) is 27.7 Å². The number of rotatable bonds is 2. The van der Waals surface area contributed by atoms with Gasteiger partial charge in [-0.3, -0.25) is 4.79 Å². The Morgan fingerprint density at radius 3 is 2.89 bits per heavy atom. The summed E-state index contributed by atoms with van der Waals surface area (Å²) in [6, 6.07) is 6.28. The highest BCUT2D eigenvalue weighted by atomic mass is 79.9. The van der Waals surface area contributed by atoms with Crippen LogP contribution in [0, 0.1) is 11.3 Å². The van der Waals surface area contributed by atoms with Crippen LogP contribution in [0.25, 0.3) is 0 Å². The molecular weight excluding hydrogens is 442 g/mol. The molecule has 6 nitrogen and oxygen atoms in total. The molecule has 1 saturated carbocycles. The monoisotopic (exact) mass is 465 g/mol. The zero-order chi connectivity index (χ0) is 19.5. The minimum absolute atomic E-state index is 0.0969. The number of halogens is 1. The summed E-state index contributed by atoms with van der Waals surface area (Å²) in [5.74, 6) is 2.01. The van der Waals surface area contributed by atoms with Crippen molar-refractivity contribution in [2.75, 3.05) is 19.0 Å². The van der Waals surface area contributed by atoms with Crippen molar-refractivity contribution < 1.29 is 14.3 Å². The van der Waals surface area contributed by atoms with Gasteiger partial charge in [0.2, 0.25) is 5.91 Å². The lowest BCUT2D eigenvalue weighted by atomic mass is 9.67. The average molecular weight is 466 g/mol. The molecule has 3 heterocycles. The van der Waals surface area contributed by atoms with Gasteiger partial charge < -0.3 is 20.5 Å². The van der Waals surface area contributed by atoms with E-state index in [-0.39, 0.29) is 34.9 Å². The first-order chi connectivity index (χ1) is 13.4. The standard InChI is InChI=1S/C20H24BrN3O3S/c1-19(8-26-9-19)17(25)23-12-3-5-16-14(7-12)20(10-28-18(22)24-20)13-6-11(21)2-4-15(13)27-16/h2,4,6,12,14,16H,3,5,7-10H2,1H3,(H2,22,24)(H,23,25). The molecule has 4 unspecified atom stereocenters. The summed E-state index contributed by atoms with van der Waals surface area (Å²) in [5.41, 5.74) is 6.46. The highest BCUT2D eigenvalue weighted by Gasteiger charge is 2.55. The Kier molecular flexibility index (Phi) is 4.45. The lowest BCUT2D eigenvalue weighted by Crippen LogP contribution is -2.58. The van der Waals surface area contributed by atoms with E-state index in [4.69, 9.17) is 20.2 Å². The molecule has 0 radical (unpaired) electrons. The molecule has 8 heteroatoms. The quantitative estimate of drug-likeness (QED) is 0.700. The fourth-order valence-corrected chi connectivity index (χ4v) is 6.29. The molecule has 2 fully saturated rings. The Morgan fingerprint density at radius 2 is 2.21 bits per heavy atom. The smallest absolute Gasteiger partial charge is 0.230 e. The third kappa shape index (κ3) is 2.87. The normalized spacial score (nSPS) is 35.2. The first kappa shape index (κ1) is 18.8. The summed E-state index contributed by atoms with van der Waals surface area (Å²) in [7, 11) is 0. The molecule has 1 amide bonds. The molecule has 3 N–H and O–H groups in total. The summed E-state index contributed by atoms with van der Waals surface area (Å²) in [6.45, 7) is 2.97. The van der Waals surface area contributed by atoms with Crippen LogP contribution in [0.4, 0.5) is 0 Å². The van der Waals surface area contributed by atoms with Crippen molar-refractivity contribution in [2.24, 2.45) is 22.1 Å². The van der Waals surface area contributed by atoms with Crippen LogP contribution in [0.5, 0.6) is 5.75 Å². The third-order valence-electron chi connectivity index (χ3n) is 6.56. The number of nitrogens with zero attached hydrogens (tertiary/aromatic N) is 1. The highest BCUT2D eigenvalue weighted by molar-refractivity contribution is 9.10. The summed E-state index contributed by atoms with van der Waals surface area (Å²) >= 11 is 5.21. The molecule has 0 aromatic heterocycles. The Bertz CT molecular complexity index is 859. The fourth-order valence-electron chi connectivity index (χ4n) is 4.90. The first-order valence-corrected chi connectivity index (χ1v) is 11.5. The number of fused-ring (bicyclic) bond motifs is 4. The molecule has 150 valence electrons. The Labute approximate surface area is 177 Å². The van der Waals surface area contributed by atoms with Crippen LogP contribution >= 0.6 is 27.7 Å². The minimum Gasteiger partial charge on any atom is -0.490 e. The van der Waals surface area contributed by atoms with Gasteiger partial charge in [0.05, 0.1) is 18.6 Å². The van der Waals surface area contributed by atoms with Crippen LogP contribution in [0.15, 0.2) is 27.7 Å². The Morgan fingerprint density at radius 1 is 1.39 bits per heavy atom. The Hall–Kier alpha value is -1.25. The van der Waals surface area contributed by atoms with E-state index < -0.39 is 0 Å². The minimum atomic E-state index is -0.388. The third-order valence-corrected chi connectivity index (χ3v) is 8.03. The predicted octanol–water partition coefficient (Wildman–Crippen LogP) is 2.79. The number of thioether (sulfide) groups is 1. The second kappa shape index (κ2) is 6.64. The van der Waals surface area contributed by atoms with Crippen LogP contribution in [0.2, 0.25) is 0 Å². The maximum absolute atomic E-state index is 12.7. The topological polar surface area (TPSA) is 85.9 Å². The van der Waals surface area contributed by atoms with E-state index >= 15 is 0 Å². The molecule has 1 aromatic carbocycles. The van der Waals surface area contributed by atoms with Crippen LogP contribution in [0.3, 0.4) is 0 Å². The Balaban J connectivity index is 1.45. The number of amidine groups is 1. The van der Waals surface area contributed by atoms with Crippen LogP contribution in [0.1, 0.15) is 31.7 Å². The summed E-state index contributed by atoms with van der Waals surface area (Å²) in [6.07, 6.45) is 2.76. The molecule has 28 heavy (non-hydrogen) atoms. The number of nitrogens with one attached hydrogen (secondary N) is 1. The number of hydrogen-bond donors (Lipinski definition) is 2. The largest absolute Gasteiger partial charge is 0.490 e. The van der Waals surface area contributed by atoms with Crippen molar-refractivity contribution in [2.45, 2.75) is 43.9 Å². The number of carbonyl (C=O) groups excluding carboxylic acids is 1. The molecule has 1 aromatic rings. The van der Waals surface area contributed by atoms with Gasteiger partial charge in [0.15, 0.2) is 5.17 Å². The van der Waals surface area contributed by atoms with E-state index in [0.717, 1.165) is 40.8 Å².